The van der Waals surface area contributed by atoms with E-state index in [1.165, 1.54) is 54.6 Å². The molecule has 0 N–H and O–H groups in total. The number of fused-ring (bicyclic) bond motifs is 12. The van der Waals surface area contributed by atoms with Crippen LogP contribution in [0.2, 0.25) is 0 Å². The second-order valence-corrected chi connectivity index (χ2v) is 15.5. The van der Waals surface area contributed by atoms with Crippen molar-refractivity contribution in [3.8, 4) is 39.9 Å². The monoisotopic (exact) mass is 742 g/mol. The third kappa shape index (κ3) is 4.44. The molecule has 0 saturated heterocycles. The van der Waals surface area contributed by atoms with Gasteiger partial charge < -0.3 is 0 Å². The summed E-state index contributed by atoms with van der Waals surface area (Å²) in [6, 6.07) is 54.3. The van der Waals surface area contributed by atoms with Crippen LogP contribution in [0, 0.1) is 0 Å². The Morgan fingerprint density at radius 2 is 0.906 bits per heavy atom. The van der Waals surface area contributed by atoms with Crippen LogP contribution in [-0.4, -0.2) is 19.5 Å². The summed E-state index contributed by atoms with van der Waals surface area (Å²) in [7, 11) is 0. The quantitative estimate of drug-likeness (QED) is 0.169. The highest BCUT2D eigenvalue weighted by atomic mass is 79.9. The minimum absolute atomic E-state index is 0.245. The van der Waals surface area contributed by atoms with Crippen LogP contribution < -0.4 is 0 Å². The Bertz CT molecular complexity index is 3090. The lowest BCUT2D eigenvalue weighted by molar-refractivity contribution is 0.662. The van der Waals surface area contributed by atoms with Crippen LogP contribution in [0.3, 0.4) is 0 Å². The van der Waals surface area contributed by atoms with Crippen LogP contribution >= 0.6 is 15.9 Å². The van der Waals surface area contributed by atoms with E-state index in [0.717, 1.165) is 37.4 Å². The zero-order valence-corrected chi connectivity index (χ0v) is 30.7. The van der Waals surface area contributed by atoms with Gasteiger partial charge >= 0.3 is 0 Å². The topological polar surface area (TPSA) is 43.6 Å². The summed E-state index contributed by atoms with van der Waals surface area (Å²) in [6.07, 6.45) is 0. The first-order chi connectivity index (χ1) is 25.9. The lowest BCUT2D eigenvalue weighted by Gasteiger charge is -2.22. The number of hydrogen-bond acceptors (Lipinski definition) is 3. The van der Waals surface area contributed by atoms with Crippen molar-refractivity contribution in [2.75, 3.05) is 0 Å². The summed E-state index contributed by atoms with van der Waals surface area (Å²) < 4.78 is 3.26. The van der Waals surface area contributed by atoms with E-state index in [-0.39, 0.29) is 5.41 Å². The lowest BCUT2D eigenvalue weighted by Crippen LogP contribution is -2.15. The normalized spacial score (nSPS) is 13.3. The van der Waals surface area contributed by atoms with E-state index in [0.29, 0.717) is 17.6 Å². The number of rotatable bonds is 3. The highest BCUT2D eigenvalue weighted by molar-refractivity contribution is 9.10. The fourth-order valence-corrected chi connectivity index (χ4v) is 9.09. The molecule has 2 heterocycles. The maximum absolute atomic E-state index is 5.19. The first-order valence-electron chi connectivity index (χ1n) is 18.0. The van der Waals surface area contributed by atoms with E-state index in [1.807, 2.05) is 36.4 Å². The molecule has 2 aromatic heterocycles. The zero-order valence-electron chi connectivity index (χ0n) is 29.1. The van der Waals surface area contributed by atoms with Crippen molar-refractivity contribution in [1.82, 2.24) is 19.5 Å². The summed E-state index contributed by atoms with van der Waals surface area (Å²) in [4.78, 5) is 15.4. The van der Waals surface area contributed by atoms with E-state index < -0.39 is 0 Å². The van der Waals surface area contributed by atoms with Gasteiger partial charge in [0.05, 0.1) is 11.0 Å². The number of benzene rings is 8. The lowest BCUT2D eigenvalue weighted by atomic mass is 9.81. The van der Waals surface area contributed by atoms with Crippen molar-refractivity contribution in [2.45, 2.75) is 19.3 Å². The largest absolute Gasteiger partial charge is 0.278 e. The zero-order chi connectivity index (χ0) is 35.4. The van der Waals surface area contributed by atoms with Gasteiger partial charge in [0, 0.05) is 31.8 Å². The number of nitrogens with zero attached hydrogens (tertiary/aromatic N) is 4. The molecule has 11 rings (SSSR count). The van der Waals surface area contributed by atoms with Gasteiger partial charge in [-0.1, -0.05) is 139 Å². The van der Waals surface area contributed by atoms with E-state index in [4.69, 9.17) is 15.0 Å². The van der Waals surface area contributed by atoms with Crippen LogP contribution in [0.5, 0.6) is 0 Å². The first kappa shape index (κ1) is 30.5. The Morgan fingerprint density at radius 1 is 0.434 bits per heavy atom. The molecule has 10 aromatic rings. The molecule has 0 amide bonds. The summed E-state index contributed by atoms with van der Waals surface area (Å²) in [5.41, 5.74) is 8.99. The molecule has 1 aliphatic carbocycles. The molecule has 1 aliphatic rings. The van der Waals surface area contributed by atoms with Gasteiger partial charge in [-0.25, -0.2) is 4.98 Å². The van der Waals surface area contributed by atoms with Crippen LogP contribution in [0.15, 0.2) is 156 Å². The maximum atomic E-state index is 5.19. The van der Waals surface area contributed by atoms with Crippen molar-refractivity contribution >= 4 is 70.1 Å². The molecule has 53 heavy (non-hydrogen) atoms. The van der Waals surface area contributed by atoms with Crippen molar-refractivity contribution in [3.63, 3.8) is 0 Å². The number of halogens is 1. The predicted molar refractivity (Wildman–Crippen MR) is 223 cm³/mol. The molecule has 0 radical (unpaired) electrons. The van der Waals surface area contributed by atoms with Gasteiger partial charge in [0.15, 0.2) is 11.6 Å². The van der Waals surface area contributed by atoms with E-state index in [2.05, 4.69) is 150 Å². The molecule has 4 nitrogen and oxygen atoms in total. The van der Waals surface area contributed by atoms with Crippen molar-refractivity contribution < 1.29 is 0 Å². The SMILES string of the molecule is CC1(C)c2cc3c4ccccc4c4ccccc4c3cc2-c2cc3c4cc(Br)ccc4n(-c4nc(-c5ccccc5)nc(-c5ccccc5)n4)c3cc21. The molecule has 0 spiro atoms. The van der Waals surface area contributed by atoms with Crippen molar-refractivity contribution in [3.05, 3.63) is 167 Å². The van der Waals surface area contributed by atoms with Gasteiger partial charge in [0.2, 0.25) is 5.95 Å². The van der Waals surface area contributed by atoms with Crippen molar-refractivity contribution in [2.24, 2.45) is 0 Å². The smallest absolute Gasteiger partial charge is 0.238 e. The summed E-state index contributed by atoms with van der Waals surface area (Å²) in [5, 5.41) is 10.1. The van der Waals surface area contributed by atoms with Crippen LogP contribution in [0.4, 0.5) is 0 Å². The fourth-order valence-electron chi connectivity index (χ4n) is 8.73. The highest BCUT2D eigenvalue weighted by Crippen LogP contribution is 2.53. The van der Waals surface area contributed by atoms with Crippen molar-refractivity contribution in [1.29, 1.82) is 0 Å². The molecule has 0 bridgehead atoms. The standard InChI is InChI=1S/C48H31BrN4/c1-48(2)41-26-36-34-20-12-10-18-32(34)31-17-9-11-19-33(31)35(36)24-37(41)38-25-40-39-23-30(49)21-22-43(39)53(44(40)27-42(38)48)47-51-45(28-13-5-3-6-14-28)50-46(52-47)29-15-7-4-8-16-29/h3-27H,1-2H3. The van der Waals surface area contributed by atoms with E-state index >= 15 is 0 Å². The summed E-state index contributed by atoms with van der Waals surface area (Å²) in [5.74, 6) is 1.88. The third-order valence-corrected chi connectivity index (χ3v) is 11.8. The van der Waals surface area contributed by atoms with Gasteiger partial charge in [0.25, 0.3) is 0 Å². The van der Waals surface area contributed by atoms with Crippen LogP contribution in [-0.2, 0) is 5.41 Å². The molecule has 5 heteroatoms. The van der Waals surface area contributed by atoms with Gasteiger partial charge in [-0.05, 0) is 97.0 Å². The molecular formula is C48H31BrN4. The Labute approximate surface area is 314 Å². The molecule has 8 aromatic carbocycles. The minimum atomic E-state index is -0.245. The highest BCUT2D eigenvalue weighted by Gasteiger charge is 2.37. The number of hydrogen-bond donors (Lipinski definition) is 0. The molecular weight excluding hydrogens is 712 g/mol. The fraction of sp³-hybridized carbons (Fsp3) is 0.0625. The van der Waals surface area contributed by atoms with Gasteiger partial charge in [-0.15, -0.1) is 0 Å². The summed E-state index contributed by atoms with van der Waals surface area (Å²) in [6.45, 7) is 4.73. The molecule has 0 aliphatic heterocycles. The van der Waals surface area contributed by atoms with Gasteiger partial charge in [-0.2, -0.15) is 9.97 Å². The number of aromatic nitrogens is 4. The van der Waals surface area contributed by atoms with Gasteiger partial charge in [0.1, 0.15) is 0 Å². The second kappa shape index (κ2) is 11.2. The maximum Gasteiger partial charge on any atom is 0.238 e. The average Bonchev–Trinajstić information content (AvgIpc) is 3.63. The first-order valence-corrected chi connectivity index (χ1v) is 18.8. The van der Waals surface area contributed by atoms with E-state index in [1.54, 1.807) is 0 Å². The minimum Gasteiger partial charge on any atom is -0.278 e. The molecule has 0 saturated carbocycles. The van der Waals surface area contributed by atoms with E-state index in [9.17, 15) is 0 Å². The second-order valence-electron chi connectivity index (χ2n) is 14.6. The molecule has 0 atom stereocenters. The molecule has 250 valence electrons. The molecule has 0 fully saturated rings. The van der Waals surface area contributed by atoms with Crippen LogP contribution in [0.25, 0.3) is 94.0 Å². The third-order valence-electron chi connectivity index (χ3n) is 11.3. The Kier molecular flexibility index (Phi) is 6.42. The van der Waals surface area contributed by atoms with Gasteiger partial charge in [-0.3, -0.25) is 4.57 Å². The molecule has 0 unspecified atom stereocenters. The average molecular weight is 744 g/mol. The Morgan fingerprint density at radius 3 is 1.49 bits per heavy atom. The van der Waals surface area contributed by atoms with Crippen LogP contribution in [0.1, 0.15) is 25.0 Å². The summed E-state index contributed by atoms with van der Waals surface area (Å²) >= 11 is 3.79. The Hall–Kier alpha value is -6.17. The predicted octanol–water partition coefficient (Wildman–Crippen LogP) is 12.8. The Balaban J connectivity index is 1.22.